The number of hydrogen-bond donors (Lipinski definition) is 4. The van der Waals surface area contributed by atoms with Gasteiger partial charge < -0.3 is 20.3 Å². The van der Waals surface area contributed by atoms with Crippen molar-refractivity contribution in [1.82, 2.24) is 35.4 Å². The number of thioether (sulfide) groups is 1. The third kappa shape index (κ3) is 9.40. The summed E-state index contributed by atoms with van der Waals surface area (Å²) in [4.78, 5) is 91.8. The third-order valence-corrected chi connectivity index (χ3v) is 13.9. The summed E-state index contributed by atoms with van der Waals surface area (Å²) in [6.45, 7) is 1.89. The number of amides is 7. The van der Waals surface area contributed by atoms with E-state index in [-0.39, 0.29) is 67.0 Å². The van der Waals surface area contributed by atoms with Crippen molar-refractivity contribution in [3.05, 3.63) is 0 Å². The number of likely N-dealkylation sites (tertiary alicyclic amines) is 2. The quantitative estimate of drug-likeness (QED) is 0.129. The molecule has 17 nitrogen and oxygen atoms in total. The van der Waals surface area contributed by atoms with Gasteiger partial charge in [0.25, 0.3) is 0 Å². The molecule has 5 aliphatic heterocycles. The number of carbonyl (C=O) groups is 7. The fraction of sp³-hybridized carbons (Fsp3) is 0.794. The van der Waals surface area contributed by atoms with Gasteiger partial charge in [0.05, 0.1) is 36.7 Å². The highest BCUT2D eigenvalue weighted by atomic mass is 32.2. The highest BCUT2D eigenvalue weighted by Gasteiger charge is 2.56. The molecule has 1 aliphatic carbocycles. The summed E-state index contributed by atoms with van der Waals surface area (Å²) in [6.07, 6.45) is 6.72. The molecule has 0 spiro atoms. The van der Waals surface area contributed by atoms with E-state index in [9.17, 15) is 42.0 Å². The average Bonchev–Trinajstić information content (AvgIpc) is 3.87. The van der Waals surface area contributed by atoms with Crippen LogP contribution < -0.4 is 21.3 Å². The molecule has 5 heterocycles. The average molecular weight is 782 g/mol. The molecule has 6 rings (SSSR count). The van der Waals surface area contributed by atoms with Crippen molar-refractivity contribution in [3.8, 4) is 0 Å². The summed E-state index contributed by atoms with van der Waals surface area (Å²) in [5.74, 6) is -2.99. The molecule has 294 valence electrons. The van der Waals surface area contributed by atoms with Gasteiger partial charge in [0.1, 0.15) is 11.5 Å². The number of piperidine rings is 2. The van der Waals surface area contributed by atoms with E-state index in [2.05, 4.69) is 21.3 Å². The predicted octanol–water partition coefficient (Wildman–Crippen LogP) is -1.13. The molecule has 6 fully saturated rings. The zero-order chi connectivity index (χ0) is 37.9. The second kappa shape index (κ2) is 17.1. The maximum atomic E-state index is 13.4. The van der Waals surface area contributed by atoms with Gasteiger partial charge in [-0.2, -0.15) is 0 Å². The van der Waals surface area contributed by atoms with Crippen molar-refractivity contribution in [2.45, 2.75) is 94.3 Å². The van der Waals surface area contributed by atoms with Gasteiger partial charge in [0, 0.05) is 57.4 Å². The van der Waals surface area contributed by atoms with Crippen LogP contribution in [0.3, 0.4) is 0 Å². The molecular formula is C34H51N7O10S2. The summed E-state index contributed by atoms with van der Waals surface area (Å²) >= 11 is 1.57. The second-order valence-corrected chi connectivity index (χ2v) is 18.2. The topological polar surface area (TPSA) is 221 Å². The molecule has 0 aromatic heterocycles. The van der Waals surface area contributed by atoms with Crippen molar-refractivity contribution in [2.24, 2.45) is 23.7 Å². The van der Waals surface area contributed by atoms with Gasteiger partial charge in [-0.15, -0.1) is 11.8 Å². The van der Waals surface area contributed by atoms with Crippen LogP contribution in [0.1, 0.15) is 70.6 Å². The highest BCUT2D eigenvalue weighted by Crippen LogP contribution is 2.41. The van der Waals surface area contributed by atoms with E-state index >= 15 is 0 Å². The largest absolute Gasteiger partial charge is 0.377 e. The van der Waals surface area contributed by atoms with E-state index in [4.69, 9.17) is 4.74 Å². The summed E-state index contributed by atoms with van der Waals surface area (Å²) in [7, 11) is -3.36. The minimum atomic E-state index is -3.36. The summed E-state index contributed by atoms with van der Waals surface area (Å²) in [5, 5.41) is 11.2. The molecule has 1 saturated carbocycles. The lowest BCUT2D eigenvalue weighted by Crippen LogP contribution is -2.54. The maximum absolute atomic E-state index is 13.4. The Labute approximate surface area is 313 Å². The molecule has 8 atom stereocenters. The minimum Gasteiger partial charge on any atom is -0.377 e. The van der Waals surface area contributed by atoms with Gasteiger partial charge in [0.15, 0.2) is 0 Å². The number of nitrogens with zero attached hydrogens (tertiary/aromatic N) is 3. The third-order valence-electron chi connectivity index (χ3n) is 11.4. The fourth-order valence-corrected chi connectivity index (χ4v) is 10.7. The van der Waals surface area contributed by atoms with Gasteiger partial charge in [-0.05, 0) is 57.3 Å². The first-order valence-electron chi connectivity index (χ1n) is 18.8. The molecule has 8 unspecified atom stereocenters. The van der Waals surface area contributed by atoms with Gasteiger partial charge >= 0.3 is 0 Å². The lowest BCUT2D eigenvalue weighted by Gasteiger charge is -2.36. The molecule has 53 heavy (non-hydrogen) atoms. The molecule has 0 radical (unpaired) electrons. The first-order valence-corrected chi connectivity index (χ1v) is 21.7. The molecule has 7 amide bonds. The Morgan fingerprint density at radius 2 is 1.77 bits per heavy atom. The maximum Gasteiger partial charge on any atom is 0.249 e. The van der Waals surface area contributed by atoms with Gasteiger partial charge in [-0.25, -0.2) is 12.7 Å². The monoisotopic (exact) mass is 781 g/mol. The van der Waals surface area contributed by atoms with E-state index in [1.54, 1.807) is 11.8 Å². The molecule has 4 N–H and O–H groups in total. The second-order valence-electron chi connectivity index (χ2n) is 15.1. The number of imide groups is 2. The number of rotatable bonds is 13. The Balaban J connectivity index is 0.872. The van der Waals surface area contributed by atoms with E-state index < -0.39 is 57.6 Å². The fourth-order valence-electron chi connectivity index (χ4n) is 8.57. The van der Waals surface area contributed by atoms with E-state index in [1.807, 2.05) is 4.90 Å². The smallest absolute Gasteiger partial charge is 0.249 e. The number of carbonyl (C=O) groups excluding carboxylic acids is 7. The Morgan fingerprint density at radius 1 is 0.962 bits per heavy atom. The standard InChI is InChI=1S/C34H51N7O10S2/c1-53(49,50)40-14-12-21(18-40)30(45)35-16-27(43)38-34-36-23(19-52-34)20-6-5-13-39(17-20)28(44)9-2-3-15-51-25-8-4-7-22-29(25)33(48)41(32(22)47)24-10-11-26(42)37-31(24)46/h20-25,29,34,36H,2-19H2,1H3,(H,35,45)(H,38,43)(H,37,42,46). The highest BCUT2D eigenvalue weighted by molar-refractivity contribution is 8.00. The lowest BCUT2D eigenvalue weighted by atomic mass is 9.79. The van der Waals surface area contributed by atoms with Crippen molar-refractivity contribution < 1.29 is 46.7 Å². The van der Waals surface area contributed by atoms with Gasteiger partial charge in [-0.1, -0.05) is 6.42 Å². The number of nitrogens with one attached hydrogen (secondary N) is 4. The molecular weight excluding hydrogens is 731 g/mol. The van der Waals surface area contributed by atoms with Crippen LogP contribution in [0.4, 0.5) is 0 Å². The van der Waals surface area contributed by atoms with Crippen molar-refractivity contribution >= 4 is 63.1 Å². The predicted molar refractivity (Wildman–Crippen MR) is 191 cm³/mol. The van der Waals surface area contributed by atoms with E-state index in [1.165, 1.54) is 4.31 Å². The molecule has 5 saturated heterocycles. The van der Waals surface area contributed by atoms with Crippen LogP contribution in [0, 0.1) is 23.7 Å². The number of fused-ring (bicyclic) bond motifs is 1. The molecule has 19 heteroatoms. The van der Waals surface area contributed by atoms with Crippen LogP contribution in [0.15, 0.2) is 0 Å². The van der Waals surface area contributed by atoms with Gasteiger partial charge in [-0.3, -0.25) is 49.1 Å². The van der Waals surface area contributed by atoms with E-state index in [0.29, 0.717) is 64.8 Å². The minimum absolute atomic E-state index is 0.0806. The lowest BCUT2D eigenvalue weighted by molar-refractivity contribution is -0.152. The number of ether oxygens (including phenoxy) is 1. The zero-order valence-electron chi connectivity index (χ0n) is 30.1. The first-order chi connectivity index (χ1) is 25.3. The number of hydrogen-bond acceptors (Lipinski definition) is 12. The van der Waals surface area contributed by atoms with Gasteiger partial charge in [0.2, 0.25) is 51.4 Å². The Kier molecular flexibility index (Phi) is 12.8. The molecule has 0 aromatic rings. The van der Waals surface area contributed by atoms with Crippen LogP contribution in [-0.4, -0.2) is 139 Å². The van der Waals surface area contributed by atoms with Crippen LogP contribution in [0.5, 0.6) is 0 Å². The first kappa shape index (κ1) is 39.6. The van der Waals surface area contributed by atoms with Crippen LogP contribution in [0.2, 0.25) is 0 Å². The van der Waals surface area contributed by atoms with Crippen molar-refractivity contribution in [1.29, 1.82) is 0 Å². The summed E-state index contributed by atoms with van der Waals surface area (Å²) in [6, 6.07) is -0.849. The molecule has 0 bridgehead atoms. The summed E-state index contributed by atoms with van der Waals surface area (Å²) in [5.41, 5.74) is -0.319. The number of unbranched alkanes of at least 4 members (excludes halogenated alkanes) is 1. The van der Waals surface area contributed by atoms with Crippen molar-refractivity contribution in [3.63, 3.8) is 0 Å². The van der Waals surface area contributed by atoms with Crippen LogP contribution in [-0.2, 0) is 48.3 Å². The van der Waals surface area contributed by atoms with Crippen LogP contribution >= 0.6 is 11.8 Å². The number of sulfonamides is 1. The Hall–Kier alpha value is -3.13. The SMILES string of the molecule is CS(=O)(=O)N1CCC(C(=O)NCC(=O)NC2NC(C3CCCN(C(=O)CCCCOC4CCCC5C(=O)N(C6CCC(=O)NC6=O)C(=O)C45)C3)CS2)C1. The van der Waals surface area contributed by atoms with E-state index in [0.717, 1.165) is 36.2 Å². The Bertz CT molecular complexity index is 1580. The van der Waals surface area contributed by atoms with Crippen molar-refractivity contribution in [2.75, 3.05) is 51.3 Å². The molecule has 6 aliphatic rings. The normalized spacial score (nSPS) is 32.5. The Morgan fingerprint density at radius 3 is 2.53 bits per heavy atom. The molecule has 0 aromatic carbocycles. The van der Waals surface area contributed by atoms with Crippen LogP contribution in [0.25, 0.3) is 0 Å². The summed E-state index contributed by atoms with van der Waals surface area (Å²) < 4.78 is 30.9. The zero-order valence-corrected chi connectivity index (χ0v) is 31.7.